The molecule has 0 saturated carbocycles. The van der Waals surface area contributed by atoms with Gasteiger partial charge in [0.1, 0.15) is 0 Å². The number of rotatable bonds is 7. The maximum Gasteiger partial charge on any atom is 0.201 e. The second-order valence-electron chi connectivity index (χ2n) is 8.90. The van der Waals surface area contributed by atoms with Crippen molar-refractivity contribution in [1.29, 1.82) is 0 Å². The molecule has 6 heteroatoms. The highest BCUT2D eigenvalue weighted by Crippen LogP contribution is 2.21. The average molecular weight is 479 g/mol. The summed E-state index contributed by atoms with van der Waals surface area (Å²) in [5.74, 6) is 0. The average Bonchev–Trinajstić information content (AvgIpc) is 2.90. The predicted molar refractivity (Wildman–Crippen MR) is 147 cm³/mol. The summed E-state index contributed by atoms with van der Waals surface area (Å²) in [6, 6.07) is 26.2. The summed E-state index contributed by atoms with van der Waals surface area (Å²) < 4.78 is 0. The van der Waals surface area contributed by atoms with Gasteiger partial charge in [0.25, 0.3) is 0 Å². The second-order valence-corrected chi connectivity index (χ2v) is 8.90. The Morgan fingerprint density at radius 1 is 0.667 bits per heavy atom. The zero-order valence-corrected chi connectivity index (χ0v) is 20.4. The normalized spacial score (nSPS) is 14.3. The minimum atomic E-state index is -0.680. The molecule has 3 unspecified atom stereocenters. The molecule has 0 aliphatic carbocycles. The van der Waals surface area contributed by atoms with Crippen LogP contribution in [0.25, 0.3) is 11.1 Å². The zero-order valence-electron chi connectivity index (χ0n) is 20.4. The molecule has 0 aromatic heterocycles. The molecule has 0 bridgehead atoms. The molecular formula is C30H30N4O2. The van der Waals surface area contributed by atoms with Crippen LogP contribution in [-0.4, -0.2) is 17.8 Å². The van der Waals surface area contributed by atoms with E-state index in [1.807, 2.05) is 91.0 Å². The highest BCUT2D eigenvalue weighted by atomic mass is 16.1. The fourth-order valence-electron chi connectivity index (χ4n) is 4.48. The van der Waals surface area contributed by atoms with Gasteiger partial charge in [-0.3, -0.25) is 9.59 Å². The molecule has 0 aliphatic heterocycles. The van der Waals surface area contributed by atoms with E-state index in [9.17, 15) is 9.59 Å². The van der Waals surface area contributed by atoms with Crippen molar-refractivity contribution in [2.45, 2.75) is 32.0 Å². The molecule has 0 aliphatic rings. The molecule has 0 radical (unpaired) electrons. The van der Waals surface area contributed by atoms with E-state index in [1.54, 1.807) is 13.8 Å². The van der Waals surface area contributed by atoms with Crippen LogP contribution in [0, 0.1) is 0 Å². The maximum absolute atomic E-state index is 13.6. The standard InChI is InChI=1S/C30H30N4O2/c1-18(31)23(27(33)20-12-6-3-7-13-20)25-29(35)26(30(25)36)24(19(2)32)28(21-14-8-4-9-15-21)34-22-16-10-5-11-17-22/h3-19,27H,31-33H2,1-2H3. The van der Waals surface area contributed by atoms with Gasteiger partial charge < -0.3 is 17.2 Å². The summed E-state index contributed by atoms with van der Waals surface area (Å²) in [6.45, 7) is 3.47. The van der Waals surface area contributed by atoms with E-state index < -0.39 is 29.0 Å². The van der Waals surface area contributed by atoms with Crippen molar-refractivity contribution in [3.8, 4) is 0 Å². The van der Waals surface area contributed by atoms with Gasteiger partial charge in [-0.25, -0.2) is 4.99 Å². The molecule has 4 aromatic carbocycles. The molecule has 36 heavy (non-hydrogen) atoms. The van der Waals surface area contributed by atoms with Crippen LogP contribution in [-0.2, 0) is 0 Å². The van der Waals surface area contributed by atoms with Crippen molar-refractivity contribution < 1.29 is 0 Å². The molecule has 0 saturated heterocycles. The van der Waals surface area contributed by atoms with E-state index in [2.05, 4.69) is 0 Å². The first-order valence-corrected chi connectivity index (χ1v) is 11.9. The number of hydrogen-bond donors (Lipinski definition) is 3. The van der Waals surface area contributed by atoms with Gasteiger partial charge in [-0.15, -0.1) is 0 Å². The zero-order chi connectivity index (χ0) is 25.8. The van der Waals surface area contributed by atoms with Crippen molar-refractivity contribution in [2.75, 3.05) is 0 Å². The number of para-hydroxylation sites is 1. The first kappa shape index (κ1) is 25.1. The molecule has 0 amide bonds. The molecule has 4 rings (SSSR count). The van der Waals surface area contributed by atoms with E-state index in [0.29, 0.717) is 22.5 Å². The minimum Gasteiger partial charge on any atom is -0.324 e. The number of hydrogen-bond acceptors (Lipinski definition) is 6. The first-order chi connectivity index (χ1) is 17.3. The lowest BCUT2D eigenvalue weighted by Crippen LogP contribution is -2.68. The predicted octanol–water partition coefficient (Wildman–Crippen LogP) is 1.80. The van der Waals surface area contributed by atoms with Crippen molar-refractivity contribution >= 4 is 22.5 Å². The van der Waals surface area contributed by atoms with E-state index >= 15 is 0 Å². The summed E-state index contributed by atoms with van der Waals surface area (Å²) in [5.41, 5.74) is 21.9. The Balaban J connectivity index is 2.05. The third-order valence-electron chi connectivity index (χ3n) is 6.21. The van der Waals surface area contributed by atoms with E-state index in [-0.39, 0.29) is 10.4 Å². The van der Waals surface area contributed by atoms with Crippen molar-refractivity contribution in [2.24, 2.45) is 22.2 Å². The van der Waals surface area contributed by atoms with Crippen LogP contribution in [0.1, 0.15) is 31.0 Å². The van der Waals surface area contributed by atoms with Crippen LogP contribution >= 0.6 is 0 Å². The van der Waals surface area contributed by atoms with Gasteiger partial charge >= 0.3 is 0 Å². The smallest absolute Gasteiger partial charge is 0.201 e. The Morgan fingerprint density at radius 2 is 1.17 bits per heavy atom. The summed E-state index contributed by atoms with van der Waals surface area (Å²) in [7, 11) is 0. The van der Waals surface area contributed by atoms with Gasteiger partial charge in [0.2, 0.25) is 10.9 Å². The number of nitrogens with two attached hydrogens (primary N) is 3. The second kappa shape index (κ2) is 10.7. The van der Waals surface area contributed by atoms with Crippen LogP contribution in [0.3, 0.4) is 0 Å². The first-order valence-electron chi connectivity index (χ1n) is 11.9. The lowest BCUT2D eigenvalue weighted by molar-refractivity contribution is 0.805. The number of nitrogens with zero attached hydrogens (tertiary/aromatic N) is 1. The van der Waals surface area contributed by atoms with Gasteiger partial charge in [-0.2, -0.15) is 0 Å². The lowest BCUT2D eigenvalue weighted by Gasteiger charge is -2.21. The quantitative estimate of drug-likeness (QED) is 0.349. The summed E-state index contributed by atoms with van der Waals surface area (Å²) in [6.07, 6.45) is 0. The Morgan fingerprint density at radius 3 is 1.67 bits per heavy atom. The van der Waals surface area contributed by atoms with Crippen molar-refractivity contribution in [1.82, 2.24) is 0 Å². The van der Waals surface area contributed by atoms with E-state index in [1.165, 1.54) is 0 Å². The van der Waals surface area contributed by atoms with Crippen LogP contribution in [0.2, 0.25) is 0 Å². The molecule has 4 aromatic rings. The topological polar surface area (TPSA) is 125 Å². The van der Waals surface area contributed by atoms with Gasteiger partial charge in [0, 0.05) is 23.2 Å². The molecule has 0 spiro atoms. The minimum absolute atomic E-state index is 0.0388. The Labute approximate surface area is 209 Å². The summed E-state index contributed by atoms with van der Waals surface area (Å²) >= 11 is 0. The van der Waals surface area contributed by atoms with Crippen LogP contribution in [0.5, 0.6) is 0 Å². The maximum atomic E-state index is 13.6. The number of aliphatic imine (C=N–C) groups is 1. The molecule has 0 heterocycles. The van der Waals surface area contributed by atoms with E-state index in [4.69, 9.17) is 22.2 Å². The monoisotopic (exact) mass is 478 g/mol. The third-order valence-corrected chi connectivity index (χ3v) is 6.21. The number of benzene rings is 3. The highest BCUT2D eigenvalue weighted by molar-refractivity contribution is 6.29. The lowest BCUT2D eigenvalue weighted by atomic mass is 9.88. The van der Waals surface area contributed by atoms with Gasteiger partial charge in [-0.05, 0) is 37.1 Å². The highest BCUT2D eigenvalue weighted by Gasteiger charge is 2.26. The van der Waals surface area contributed by atoms with Crippen LogP contribution in [0.15, 0.2) is 106 Å². The molecule has 6 nitrogen and oxygen atoms in total. The molecule has 0 fully saturated rings. The summed E-state index contributed by atoms with van der Waals surface area (Å²) in [4.78, 5) is 32.1. The summed E-state index contributed by atoms with van der Waals surface area (Å²) in [5, 5.41) is 0.0820. The SMILES string of the molecule is CC(N)C(C(=Nc1ccccc1)c1ccccc1)=c1c(=O)c(=C(C(C)N)C(N)c2ccccc2)c1=O. The van der Waals surface area contributed by atoms with Gasteiger partial charge in [0.15, 0.2) is 0 Å². The van der Waals surface area contributed by atoms with Crippen LogP contribution < -0.4 is 38.5 Å². The molecule has 6 N–H and O–H groups in total. The van der Waals surface area contributed by atoms with Crippen molar-refractivity contribution in [3.05, 3.63) is 133 Å². The fourth-order valence-corrected chi connectivity index (χ4v) is 4.48. The molecule has 182 valence electrons. The van der Waals surface area contributed by atoms with Crippen molar-refractivity contribution in [3.63, 3.8) is 0 Å². The van der Waals surface area contributed by atoms with Gasteiger partial charge in [-0.1, -0.05) is 78.9 Å². The fraction of sp³-hybridized carbons (Fsp3) is 0.167. The Bertz CT molecular complexity index is 1530. The molecular weight excluding hydrogens is 448 g/mol. The molecule has 3 atom stereocenters. The Hall–Kier alpha value is -3.97. The third kappa shape index (κ3) is 4.88. The Kier molecular flexibility index (Phi) is 7.50. The van der Waals surface area contributed by atoms with E-state index in [0.717, 1.165) is 11.1 Å². The van der Waals surface area contributed by atoms with Crippen LogP contribution in [0.4, 0.5) is 5.69 Å². The van der Waals surface area contributed by atoms with Gasteiger partial charge in [0.05, 0.1) is 27.9 Å². The largest absolute Gasteiger partial charge is 0.324 e.